The van der Waals surface area contributed by atoms with Crippen molar-refractivity contribution in [2.75, 3.05) is 11.9 Å². The number of rotatable bonds is 8. The first-order valence-electron chi connectivity index (χ1n) is 10.3. The third-order valence-corrected chi connectivity index (χ3v) is 5.36. The molecule has 1 aliphatic rings. The lowest BCUT2D eigenvalue weighted by Crippen LogP contribution is -2.46. The molecule has 1 heterocycles. The summed E-state index contributed by atoms with van der Waals surface area (Å²) in [7, 11) is 0. The van der Waals surface area contributed by atoms with Gasteiger partial charge in [-0.25, -0.2) is 4.79 Å². The normalized spacial score (nSPS) is 16.7. The van der Waals surface area contributed by atoms with Crippen LogP contribution < -0.4 is 16.0 Å². The Morgan fingerprint density at radius 1 is 1.16 bits per heavy atom. The molecule has 0 spiro atoms. The summed E-state index contributed by atoms with van der Waals surface area (Å²) < 4.78 is 45.3. The van der Waals surface area contributed by atoms with E-state index in [1.54, 1.807) is 31.2 Å². The van der Waals surface area contributed by atoms with E-state index in [0.717, 1.165) is 24.5 Å². The molecule has 1 saturated carbocycles. The van der Waals surface area contributed by atoms with E-state index in [4.69, 9.17) is 4.42 Å². The number of amides is 3. The van der Waals surface area contributed by atoms with Crippen LogP contribution in [-0.4, -0.2) is 29.8 Å². The summed E-state index contributed by atoms with van der Waals surface area (Å²) >= 11 is 0. The number of hydrogen-bond donors (Lipinski definition) is 4. The fraction of sp³-hybridized carbons (Fsp3) is 0.455. The summed E-state index contributed by atoms with van der Waals surface area (Å²) in [4.78, 5) is 23.9. The SMILES string of the molecule is Cc1ccc([C@@](O)(CCNC(=O)N[C@H](C)c2ccc(NC(=O)C3CC3)cc2)C(F)(F)F)o1. The summed E-state index contributed by atoms with van der Waals surface area (Å²) in [5.41, 5.74) is -1.80. The van der Waals surface area contributed by atoms with Gasteiger partial charge < -0.3 is 25.5 Å². The van der Waals surface area contributed by atoms with Gasteiger partial charge in [0.25, 0.3) is 0 Å². The number of carbonyl (C=O) groups excluding carboxylic acids is 2. The number of benzene rings is 1. The number of carbonyl (C=O) groups is 2. The van der Waals surface area contributed by atoms with Crippen LogP contribution in [0.5, 0.6) is 0 Å². The maximum Gasteiger partial charge on any atom is 0.424 e. The van der Waals surface area contributed by atoms with E-state index < -0.39 is 42.6 Å². The average molecular weight is 453 g/mol. The second-order valence-electron chi connectivity index (χ2n) is 8.03. The molecule has 3 rings (SSSR count). The lowest BCUT2D eigenvalue weighted by molar-refractivity contribution is -0.274. The number of hydrogen-bond acceptors (Lipinski definition) is 4. The second-order valence-corrected chi connectivity index (χ2v) is 8.03. The van der Waals surface area contributed by atoms with Crippen LogP contribution in [0.25, 0.3) is 0 Å². The predicted octanol–water partition coefficient (Wildman–Crippen LogP) is 4.14. The number of furan rings is 1. The monoisotopic (exact) mass is 453 g/mol. The maximum atomic E-state index is 13.4. The van der Waals surface area contributed by atoms with Gasteiger partial charge in [0.2, 0.25) is 11.5 Å². The summed E-state index contributed by atoms with van der Waals surface area (Å²) in [5, 5.41) is 18.0. The van der Waals surface area contributed by atoms with Gasteiger partial charge in [-0.1, -0.05) is 12.1 Å². The molecule has 0 saturated heterocycles. The van der Waals surface area contributed by atoms with Crippen molar-refractivity contribution in [3.05, 3.63) is 53.5 Å². The summed E-state index contributed by atoms with van der Waals surface area (Å²) in [6, 6.07) is 8.23. The average Bonchev–Trinajstić information content (AvgIpc) is 3.48. The minimum atomic E-state index is -4.97. The molecular weight excluding hydrogens is 427 g/mol. The molecule has 0 radical (unpaired) electrons. The highest BCUT2D eigenvalue weighted by molar-refractivity contribution is 5.94. The number of aliphatic hydroxyl groups is 1. The Labute approximate surface area is 183 Å². The number of alkyl halides is 3. The number of urea groups is 1. The van der Waals surface area contributed by atoms with E-state index in [1.165, 1.54) is 13.0 Å². The third kappa shape index (κ3) is 5.61. The Hall–Kier alpha value is -3.01. The molecule has 174 valence electrons. The molecule has 0 bridgehead atoms. The van der Waals surface area contributed by atoms with Gasteiger partial charge in [0.05, 0.1) is 6.04 Å². The molecule has 3 amide bonds. The molecule has 1 aromatic carbocycles. The van der Waals surface area contributed by atoms with Crippen LogP contribution in [-0.2, 0) is 10.4 Å². The minimum absolute atomic E-state index is 0.00757. The fourth-order valence-electron chi connectivity index (χ4n) is 3.19. The van der Waals surface area contributed by atoms with Crippen LogP contribution in [0.1, 0.15) is 49.3 Å². The van der Waals surface area contributed by atoms with Crippen molar-refractivity contribution >= 4 is 17.6 Å². The first kappa shape index (κ1) is 23.6. The molecule has 7 nitrogen and oxygen atoms in total. The molecule has 10 heteroatoms. The highest BCUT2D eigenvalue weighted by Gasteiger charge is 2.56. The van der Waals surface area contributed by atoms with Crippen LogP contribution in [0, 0.1) is 12.8 Å². The van der Waals surface area contributed by atoms with Crippen molar-refractivity contribution in [2.45, 2.75) is 50.9 Å². The van der Waals surface area contributed by atoms with Gasteiger partial charge in [0.1, 0.15) is 11.5 Å². The van der Waals surface area contributed by atoms with Gasteiger partial charge in [0, 0.05) is 24.6 Å². The van der Waals surface area contributed by atoms with Gasteiger partial charge in [-0.2, -0.15) is 13.2 Å². The van der Waals surface area contributed by atoms with Crippen LogP contribution in [0.3, 0.4) is 0 Å². The van der Waals surface area contributed by atoms with Crippen molar-refractivity contribution in [1.29, 1.82) is 0 Å². The van der Waals surface area contributed by atoms with Crippen molar-refractivity contribution in [3.63, 3.8) is 0 Å². The Morgan fingerprint density at radius 3 is 2.34 bits per heavy atom. The highest BCUT2D eigenvalue weighted by Crippen LogP contribution is 2.42. The molecular formula is C22H26F3N3O4. The first-order valence-corrected chi connectivity index (χ1v) is 10.3. The van der Waals surface area contributed by atoms with Gasteiger partial charge in [0.15, 0.2) is 0 Å². The largest absolute Gasteiger partial charge is 0.463 e. The molecule has 1 aromatic heterocycles. The lowest BCUT2D eigenvalue weighted by Gasteiger charge is -2.28. The van der Waals surface area contributed by atoms with Crippen molar-refractivity contribution in [3.8, 4) is 0 Å². The van der Waals surface area contributed by atoms with Crippen molar-refractivity contribution in [2.24, 2.45) is 5.92 Å². The van der Waals surface area contributed by atoms with E-state index in [-0.39, 0.29) is 17.6 Å². The molecule has 2 aromatic rings. The first-order chi connectivity index (χ1) is 15.0. The number of aryl methyl sites for hydroxylation is 1. The fourth-order valence-corrected chi connectivity index (χ4v) is 3.19. The van der Waals surface area contributed by atoms with E-state index in [0.29, 0.717) is 5.69 Å². The van der Waals surface area contributed by atoms with E-state index in [2.05, 4.69) is 16.0 Å². The van der Waals surface area contributed by atoms with Crippen LogP contribution >= 0.6 is 0 Å². The maximum absolute atomic E-state index is 13.4. The van der Waals surface area contributed by atoms with Crippen LogP contribution in [0.2, 0.25) is 0 Å². The van der Waals surface area contributed by atoms with Crippen LogP contribution in [0.4, 0.5) is 23.7 Å². The molecule has 0 aliphatic heterocycles. The zero-order valence-electron chi connectivity index (χ0n) is 17.8. The number of halogens is 3. The predicted molar refractivity (Wildman–Crippen MR) is 111 cm³/mol. The molecule has 4 N–H and O–H groups in total. The summed E-state index contributed by atoms with van der Waals surface area (Å²) in [5.74, 6) is -0.301. The molecule has 2 atom stereocenters. The minimum Gasteiger partial charge on any atom is -0.463 e. The van der Waals surface area contributed by atoms with E-state index in [1.807, 2.05) is 0 Å². The van der Waals surface area contributed by atoms with Crippen molar-refractivity contribution in [1.82, 2.24) is 10.6 Å². The van der Waals surface area contributed by atoms with Gasteiger partial charge in [-0.3, -0.25) is 4.79 Å². The second kappa shape index (κ2) is 9.23. The third-order valence-electron chi connectivity index (χ3n) is 5.36. The summed E-state index contributed by atoms with van der Waals surface area (Å²) in [6.07, 6.45) is -3.97. The highest BCUT2D eigenvalue weighted by atomic mass is 19.4. The number of anilines is 1. The van der Waals surface area contributed by atoms with Crippen LogP contribution in [0.15, 0.2) is 40.8 Å². The summed E-state index contributed by atoms with van der Waals surface area (Å²) in [6.45, 7) is 2.76. The molecule has 1 aliphatic carbocycles. The molecule has 1 fully saturated rings. The Bertz CT molecular complexity index is 954. The zero-order valence-corrected chi connectivity index (χ0v) is 17.8. The van der Waals surface area contributed by atoms with E-state index >= 15 is 0 Å². The molecule has 0 unspecified atom stereocenters. The Morgan fingerprint density at radius 2 is 1.81 bits per heavy atom. The molecule has 32 heavy (non-hydrogen) atoms. The Balaban J connectivity index is 1.50. The standard InChI is InChI=1S/C22H26F3N3O4/c1-13-3-10-18(32-13)21(31,22(23,24)25)11-12-26-20(30)27-14(2)15-6-8-17(9-7-15)28-19(29)16-4-5-16/h3,6-10,14,16,31H,4-5,11-12H2,1-2H3,(H,28,29)(H2,26,27,30)/t14-,21+/m1/s1. The van der Waals surface area contributed by atoms with Gasteiger partial charge in [-0.15, -0.1) is 0 Å². The van der Waals surface area contributed by atoms with Crippen molar-refractivity contribution < 1.29 is 32.3 Å². The number of nitrogens with one attached hydrogen (secondary N) is 3. The quantitative estimate of drug-likeness (QED) is 0.482. The van der Waals surface area contributed by atoms with Gasteiger partial charge >= 0.3 is 12.2 Å². The van der Waals surface area contributed by atoms with E-state index in [9.17, 15) is 27.9 Å². The Kier molecular flexibility index (Phi) is 6.82. The smallest absolute Gasteiger partial charge is 0.424 e. The topological polar surface area (TPSA) is 104 Å². The zero-order chi connectivity index (χ0) is 23.5. The lowest BCUT2D eigenvalue weighted by atomic mass is 9.96. The van der Waals surface area contributed by atoms with Gasteiger partial charge in [-0.05, 0) is 56.5 Å².